The molecule has 3 amide bonds. The number of carbonyl (C=O) groups excluding carboxylic acids is 4. The molecule has 156 valence electrons. The van der Waals surface area contributed by atoms with Crippen LogP contribution in [0.25, 0.3) is 6.08 Å². The van der Waals surface area contributed by atoms with Crippen LogP contribution in [-0.2, 0) is 9.59 Å². The summed E-state index contributed by atoms with van der Waals surface area (Å²) in [6.07, 6.45) is 1.53. The van der Waals surface area contributed by atoms with Crippen molar-refractivity contribution in [1.82, 2.24) is 9.80 Å². The monoisotopic (exact) mass is 446 g/mol. The van der Waals surface area contributed by atoms with Gasteiger partial charge in [0, 0.05) is 30.5 Å². The highest BCUT2D eigenvalue weighted by Gasteiger charge is 2.35. The van der Waals surface area contributed by atoms with Crippen molar-refractivity contribution in [2.24, 2.45) is 0 Å². The first-order chi connectivity index (χ1) is 14.3. The van der Waals surface area contributed by atoms with Gasteiger partial charge in [-0.05, 0) is 47.5 Å². The van der Waals surface area contributed by atoms with Gasteiger partial charge in [0.15, 0.2) is 17.3 Å². The number of imide groups is 1. The summed E-state index contributed by atoms with van der Waals surface area (Å²) in [7, 11) is 1.44. The summed E-state index contributed by atoms with van der Waals surface area (Å²) in [5.41, 5.74) is 0.148. The average Bonchev–Trinajstić information content (AvgIpc) is 3.30. The fourth-order valence-corrected chi connectivity index (χ4v) is 4.27. The third-order valence-corrected chi connectivity index (χ3v) is 6.07. The Morgan fingerprint density at radius 3 is 2.60 bits per heavy atom. The molecular formula is C20H18N2O6S2. The Hall–Kier alpha value is -3.11. The van der Waals surface area contributed by atoms with Gasteiger partial charge in [0.25, 0.3) is 11.1 Å². The molecule has 0 saturated carbocycles. The second kappa shape index (κ2) is 9.14. The number of aromatic hydroxyl groups is 2. The lowest BCUT2D eigenvalue weighted by Crippen LogP contribution is -2.36. The standard InChI is InChI=1S/C20H18N2O6S2/c1-21(11-16(25)12-4-5-14(23)15(24)9-12)18(26)6-7-22-19(27)17(30-20(22)28)10-13-3-2-8-29-13/h2-5,8-10,23-24H,6-7,11H2,1H3/b17-10+. The lowest BCUT2D eigenvalue weighted by molar-refractivity contribution is -0.130. The van der Waals surface area contributed by atoms with E-state index in [0.29, 0.717) is 4.91 Å². The van der Waals surface area contributed by atoms with Gasteiger partial charge in [0.1, 0.15) is 0 Å². The molecule has 0 aliphatic carbocycles. The average molecular weight is 447 g/mol. The van der Waals surface area contributed by atoms with Gasteiger partial charge in [-0.1, -0.05) is 6.07 Å². The molecule has 0 atom stereocenters. The maximum absolute atomic E-state index is 12.4. The Labute approximate surface area is 180 Å². The van der Waals surface area contributed by atoms with E-state index in [1.165, 1.54) is 35.4 Å². The first-order valence-electron chi connectivity index (χ1n) is 8.84. The molecule has 1 fully saturated rings. The van der Waals surface area contributed by atoms with E-state index in [2.05, 4.69) is 0 Å². The summed E-state index contributed by atoms with van der Waals surface area (Å²) in [6, 6.07) is 7.33. The van der Waals surface area contributed by atoms with Gasteiger partial charge < -0.3 is 15.1 Å². The van der Waals surface area contributed by atoms with Gasteiger partial charge in [-0.2, -0.15) is 0 Å². The molecule has 0 bridgehead atoms. The van der Waals surface area contributed by atoms with Crippen LogP contribution in [0.4, 0.5) is 4.79 Å². The number of carbonyl (C=O) groups is 4. The van der Waals surface area contributed by atoms with Crippen molar-refractivity contribution in [3.63, 3.8) is 0 Å². The number of thiophene rings is 1. The van der Waals surface area contributed by atoms with Gasteiger partial charge in [0.2, 0.25) is 5.91 Å². The minimum atomic E-state index is -0.440. The van der Waals surface area contributed by atoms with Crippen molar-refractivity contribution in [3.8, 4) is 11.5 Å². The third kappa shape index (κ3) is 4.89. The summed E-state index contributed by atoms with van der Waals surface area (Å²) in [5, 5.41) is 20.2. The SMILES string of the molecule is CN(CC(=O)c1ccc(O)c(O)c1)C(=O)CCN1C(=O)S/C(=C/c2cccs2)C1=O. The minimum absolute atomic E-state index is 0.0796. The van der Waals surface area contributed by atoms with E-state index in [1.54, 1.807) is 6.08 Å². The largest absolute Gasteiger partial charge is 0.504 e. The fraction of sp³-hybridized carbons (Fsp3) is 0.200. The van der Waals surface area contributed by atoms with Crippen LogP contribution >= 0.6 is 23.1 Å². The second-order valence-corrected chi connectivity index (χ2v) is 8.45. The molecule has 1 aliphatic rings. The predicted molar refractivity (Wildman–Crippen MR) is 113 cm³/mol. The number of likely N-dealkylation sites (N-methyl/N-ethyl adjacent to an activating group) is 1. The molecule has 3 rings (SSSR count). The van der Waals surface area contributed by atoms with Crippen LogP contribution in [0.15, 0.2) is 40.6 Å². The fourth-order valence-electron chi connectivity index (χ4n) is 2.69. The van der Waals surface area contributed by atoms with Gasteiger partial charge in [-0.25, -0.2) is 0 Å². The number of ketones is 1. The minimum Gasteiger partial charge on any atom is -0.504 e. The second-order valence-electron chi connectivity index (χ2n) is 6.48. The smallest absolute Gasteiger partial charge is 0.293 e. The van der Waals surface area contributed by atoms with Gasteiger partial charge in [-0.3, -0.25) is 24.1 Å². The lowest BCUT2D eigenvalue weighted by Gasteiger charge is -2.18. The highest BCUT2D eigenvalue weighted by atomic mass is 32.2. The van der Waals surface area contributed by atoms with E-state index in [9.17, 15) is 29.4 Å². The van der Waals surface area contributed by atoms with E-state index >= 15 is 0 Å². The molecule has 1 aromatic carbocycles. The summed E-state index contributed by atoms with van der Waals surface area (Å²) in [6.45, 7) is -0.326. The summed E-state index contributed by atoms with van der Waals surface area (Å²) >= 11 is 2.28. The molecule has 2 N–H and O–H groups in total. The highest BCUT2D eigenvalue weighted by molar-refractivity contribution is 8.18. The molecule has 0 unspecified atom stereocenters. The summed E-state index contributed by atoms with van der Waals surface area (Å²) in [4.78, 5) is 52.6. The predicted octanol–water partition coefficient (Wildman–Crippen LogP) is 2.93. The zero-order valence-corrected chi connectivity index (χ0v) is 17.5. The van der Waals surface area contributed by atoms with Gasteiger partial charge in [0.05, 0.1) is 11.4 Å². The number of rotatable bonds is 7. The summed E-state index contributed by atoms with van der Waals surface area (Å²) in [5.74, 6) is -2.05. The van der Waals surface area contributed by atoms with Crippen molar-refractivity contribution in [2.75, 3.05) is 20.1 Å². The number of Topliss-reactive ketones (excluding diaryl/α,β-unsaturated/α-hetero) is 1. The normalized spacial score (nSPS) is 15.1. The molecule has 10 heteroatoms. The van der Waals surface area contributed by atoms with Crippen molar-refractivity contribution >= 4 is 52.0 Å². The molecule has 1 aliphatic heterocycles. The Morgan fingerprint density at radius 2 is 1.93 bits per heavy atom. The van der Waals surface area contributed by atoms with Crippen LogP contribution in [0.3, 0.4) is 0 Å². The number of thioether (sulfide) groups is 1. The van der Waals surface area contributed by atoms with Crippen LogP contribution in [0.1, 0.15) is 21.7 Å². The van der Waals surface area contributed by atoms with Gasteiger partial charge in [-0.15, -0.1) is 11.3 Å². The number of amides is 3. The zero-order chi connectivity index (χ0) is 21.8. The first-order valence-corrected chi connectivity index (χ1v) is 10.5. The molecule has 0 spiro atoms. The maximum Gasteiger partial charge on any atom is 0.293 e. The van der Waals surface area contributed by atoms with E-state index in [0.717, 1.165) is 27.6 Å². The third-order valence-electron chi connectivity index (χ3n) is 4.34. The summed E-state index contributed by atoms with van der Waals surface area (Å²) < 4.78 is 0. The zero-order valence-electron chi connectivity index (χ0n) is 15.9. The molecule has 1 aromatic heterocycles. The molecule has 0 radical (unpaired) electrons. The lowest BCUT2D eigenvalue weighted by atomic mass is 10.1. The van der Waals surface area contributed by atoms with E-state index in [-0.39, 0.29) is 30.8 Å². The Bertz CT molecular complexity index is 1030. The molecule has 30 heavy (non-hydrogen) atoms. The van der Waals surface area contributed by atoms with Gasteiger partial charge >= 0.3 is 0 Å². The molecular weight excluding hydrogens is 428 g/mol. The van der Waals surface area contributed by atoms with Crippen LogP contribution in [0, 0.1) is 0 Å². The Balaban J connectivity index is 1.55. The van der Waals surface area contributed by atoms with Crippen LogP contribution in [0.2, 0.25) is 0 Å². The maximum atomic E-state index is 12.4. The van der Waals surface area contributed by atoms with Crippen molar-refractivity contribution in [2.45, 2.75) is 6.42 Å². The Kier molecular flexibility index (Phi) is 6.58. The van der Waals surface area contributed by atoms with Crippen molar-refractivity contribution in [3.05, 3.63) is 51.1 Å². The number of phenolic OH excluding ortho intramolecular Hbond substituents is 2. The van der Waals surface area contributed by atoms with E-state index in [4.69, 9.17) is 0 Å². The topological polar surface area (TPSA) is 115 Å². The van der Waals surface area contributed by atoms with Crippen molar-refractivity contribution in [1.29, 1.82) is 0 Å². The Morgan fingerprint density at radius 1 is 1.17 bits per heavy atom. The number of nitrogens with zero attached hydrogens (tertiary/aromatic N) is 2. The molecule has 8 nitrogen and oxygen atoms in total. The van der Waals surface area contributed by atoms with E-state index < -0.39 is 28.6 Å². The van der Waals surface area contributed by atoms with E-state index in [1.807, 2.05) is 17.5 Å². The number of hydrogen-bond donors (Lipinski definition) is 2. The first kappa shape index (κ1) is 21.6. The number of benzene rings is 1. The molecule has 2 heterocycles. The van der Waals surface area contributed by atoms with Crippen molar-refractivity contribution < 1.29 is 29.4 Å². The highest BCUT2D eigenvalue weighted by Crippen LogP contribution is 2.33. The quantitative estimate of drug-likeness (QED) is 0.382. The van der Waals surface area contributed by atoms with Crippen LogP contribution in [-0.4, -0.2) is 63.0 Å². The molecule has 2 aromatic rings. The number of phenols is 2. The van der Waals surface area contributed by atoms with Crippen LogP contribution < -0.4 is 0 Å². The number of hydrogen-bond acceptors (Lipinski definition) is 8. The van der Waals surface area contributed by atoms with Crippen LogP contribution in [0.5, 0.6) is 11.5 Å². The molecule has 1 saturated heterocycles.